The van der Waals surface area contributed by atoms with E-state index in [0.717, 1.165) is 6.26 Å². The molecule has 0 aliphatic rings. The Morgan fingerprint density at radius 3 is 2.29 bits per heavy atom. The van der Waals surface area contributed by atoms with Gasteiger partial charge < -0.3 is 5.73 Å². The first-order valence-electron chi connectivity index (χ1n) is 5.94. The summed E-state index contributed by atoms with van der Waals surface area (Å²) in [7, 11) is -3.34. The third kappa shape index (κ3) is 3.96. The molecule has 2 aromatic carbocycles. The number of nitrogens with one attached hydrogen (secondary N) is 1. The molecule has 3 N–H and O–H groups in total. The zero-order valence-corrected chi connectivity index (χ0v) is 12.7. The van der Waals surface area contributed by atoms with E-state index in [0.29, 0.717) is 27.5 Å². The van der Waals surface area contributed by atoms with Crippen molar-refractivity contribution in [3.05, 3.63) is 58.6 Å². The second-order valence-electron chi connectivity index (χ2n) is 4.51. The number of rotatable bonds is 4. The Balaban J connectivity index is 2.28. The molecule has 0 radical (unpaired) electrons. The smallest absolute Gasteiger partial charge is 0.229 e. The Labute approximate surface area is 127 Å². The Morgan fingerprint density at radius 2 is 1.76 bits per heavy atom. The highest BCUT2D eigenvalue weighted by Gasteiger charge is 2.13. The van der Waals surface area contributed by atoms with E-state index in [-0.39, 0.29) is 5.78 Å². The van der Waals surface area contributed by atoms with Gasteiger partial charge in [0.15, 0.2) is 5.78 Å². The number of ketones is 1. The molecule has 110 valence electrons. The van der Waals surface area contributed by atoms with Crippen molar-refractivity contribution in [1.82, 2.24) is 0 Å². The number of sulfonamides is 1. The lowest BCUT2D eigenvalue weighted by molar-refractivity contribution is 0.103. The number of benzene rings is 2. The van der Waals surface area contributed by atoms with Crippen LogP contribution in [0.5, 0.6) is 0 Å². The summed E-state index contributed by atoms with van der Waals surface area (Å²) in [5.41, 5.74) is 7.22. The fourth-order valence-electron chi connectivity index (χ4n) is 1.80. The van der Waals surface area contributed by atoms with Crippen LogP contribution in [-0.2, 0) is 10.0 Å². The third-order valence-electron chi connectivity index (χ3n) is 2.71. The van der Waals surface area contributed by atoms with Crippen molar-refractivity contribution in [2.45, 2.75) is 0 Å². The van der Waals surface area contributed by atoms with Gasteiger partial charge in [-0.25, -0.2) is 8.42 Å². The second-order valence-corrected chi connectivity index (χ2v) is 6.70. The SMILES string of the molecule is CS(=O)(=O)Nc1ccc(C(=O)c2ccc(Cl)cc2N)cc1. The molecule has 0 unspecified atom stereocenters. The van der Waals surface area contributed by atoms with Crippen LogP contribution < -0.4 is 10.5 Å². The van der Waals surface area contributed by atoms with Gasteiger partial charge in [-0.1, -0.05) is 11.6 Å². The van der Waals surface area contributed by atoms with Crippen molar-refractivity contribution >= 4 is 38.8 Å². The van der Waals surface area contributed by atoms with E-state index < -0.39 is 10.0 Å². The molecule has 21 heavy (non-hydrogen) atoms. The van der Waals surface area contributed by atoms with Crippen LogP contribution >= 0.6 is 11.6 Å². The van der Waals surface area contributed by atoms with Crippen LogP contribution in [0.3, 0.4) is 0 Å². The number of carbonyl (C=O) groups is 1. The molecule has 0 aromatic heterocycles. The lowest BCUT2D eigenvalue weighted by Crippen LogP contribution is -2.10. The van der Waals surface area contributed by atoms with Gasteiger partial charge in [-0.05, 0) is 42.5 Å². The molecule has 0 aliphatic carbocycles. The maximum Gasteiger partial charge on any atom is 0.229 e. The summed E-state index contributed by atoms with van der Waals surface area (Å²) in [5.74, 6) is -0.255. The summed E-state index contributed by atoms with van der Waals surface area (Å²) in [6.45, 7) is 0. The first-order chi connectivity index (χ1) is 9.76. The van der Waals surface area contributed by atoms with Gasteiger partial charge in [-0.3, -0.25) is 9.52 Å². The van der Waals surface area contributed by atoms with Gasteiger partial charge in [0.1, 0.15) is 0 Å². The number of hydrogen-bond donors (Lipinski definition) is 2. The van der Waals surface area contributed by atoms with Crippen molar-refractivity contribution in [3.8, 4) is 0 Å². The molecule has 0 bridgehead atoms. The molecule has 0 spiro atoms. The monoisotopic (exact) mass is 324 g/mol. The van der Waals surface area contributed by atoms with Crippen molar-refractivity contribution < 1.29 is 13.2 Å². The maximum atomic E-state index is 12.3. The Morgan fingerprint density at radius 1 is 1.14 bits per heavy atom. The van der Waals surface area contributed by atoms with Gasteiger partial charge in [0.25, 0.3) is 0 Å². The number of halogens is 1. The molecule has 0 fully saturated rings. The van der Waals surface area contributed by atoms with E-state index in [2.05, 4.69) is 4.72 Å². The zero-order chi connectivity index (χ0) is 15.6. The molecule has 0 atom stereocenters. The topological polar surface area (TPSA) is 89.3 Å². The highest BCUT2D eigenvalue weighted by atomic mass is 35.5. The summed E-state index contributed by atoms with van der Waals surface area (Å²) >= 11 is 5.79. The molecule has 2 rings (SSSR count). The molecule has 0 amide bonds. The molecule has 2 aromatic rings. The Hall–Kier alpha value is -2.05. The lowest BCUT2D eigenvalue weighted by Gasteiger charge is -2.07. The quantitative estimate of drug-likeness (QED) is 0.668. The third-order valence-corrected chi connectivity index (χ3v) is 3.55. The fourth-order valence-corrected chi connectivity index (χ4v) is 2.54. The molecule has 0 saturated carbocycles. The lowest BCUT2D eigenvalue weighted by atomic mass is 10.0. The number of nitrogen functional groups attached to an aromatic ring is 1. The van der Waals surface area contributed by atoms with Crippen molar-refractivity contribution in [3.63, 3.8) is 0 Å². The molecule has 7 heteroatoms. The average molecular weight is 325 g/mol. The number of carbonyl (C=O) groups excluding carboxylic acids is 1. The van der Waals surface area contributed by atoms with E-state index in [4.69, 9.17) is 17.3 Å². The Kier molecular flexibility index (Phi) is 4.20. The van der Waals surface area contributed by atoms with Crippen LogP contribution in [0.15, 0.2) is 42.5 Å². The predicted octanol–water partition coefficient (Wildman–Crippen LogP) is 2.52. The van der Waals surface area contributed by atoms with E-state index in [9.17, 15) is 13.2 Å². The summed E-state index contributed by atoms with van der Waals surface area (Å²) < 4.78 is 24.5. The van der Waals surface area contributed by atoms with Gasteiger partial charge in [-0.2, -0.15) is 0 Å². The normalized spacial score (nSPS) is 11.1. The number of hydrogen-bond acceptors (Lipinski definition) is 4. The van der Waals surface area contributed by atoms with Gasteiger partial charge >= 0.3 is 0 Å². The fraction of sp³-hybridized carbons (Fsp3) is 0.0714. The van der Waals surface area contributed by atoms with Crippen LogP contribution in [0.1, 0.15) is 15.9 Å². The van der Waals surface area contributed by atoms with E-state index in [1.807, 2.05) is 0 Å². The average Bonchev–Trinajstić information content (AvgIpc) is 2.37. The molecule has 0 saturated heterocycles. The highest BCUT2D eigenvalue weighted by Crippen LogP contribution is 2.22. The van der Waals surface area contributed by atoms with Gasteiger partial charge in [0.05, 0.1) is 6.26 Å². The first kappa shape index (κ1) is 15.3. The summed E-state index contributed by atoms with van der Waals surface area (Å²) in [4.78, 5) is 12.3. The van der Waals surface area contributed by atoms with Crippen molar-refractivity contribution in [2.24, 2.45) is 0 Å². The summed E-state index contributed by atoms with van der Waals surface area (Å²) in [5, 5.41) is 0.455. The second kappa shape index (κ2) is 5.75. The van der Waals surface area contributed by atoms with Gasteiger partial charge in [0.2, 0.25) is 10.0 Å². The minimum absolute atomic E-state index is 0.255. The minimum Gasteiger partial charge on any atom is -0.398 e. The van der Waals surface area contributed by atoms with Gasteiger partial charge in [0, 0.05) is 27.5 Å². The number of anilines is 2. The van der Waals surface area contributed by atoms with E-state index >= 15 is 0 Å². The van der Waals surface area contributed by atoms with Crippen LogP contribution in [0, 0.1) is 0 Å². The first-order valence-corrected chi connectivity index (χ1v) is 8.21. The molecule has 0 heterocycles. The minimum atomic E-state index is -3.34. The predicted molar refractivity (Wildman–Crippen MR) is 84.2 cm³/mol. The van der Waals surface area contributed by atoms with Crippen LogP contribution in [0.25, 0.3) is 0 Å². The van der Waals surface area contributed by atoms with Crippen LogP contribution in [-0.4, -0.2) is 20.5 Å². The van der Waals surface area contributed by atoms with E-state index in [1.165, 1.54) is 30.3 Å². The van der Waals surface area contributed by atoms with Crippen molar-refractivity contribution in [1.29, 1.82) is 0 Å². The highest BCUT2D eigenvalue weighted by molar-refractivity contribution is 7.92. The molecular formula is C14H13ClN2O3S. The standard InChI is InChI=1S/C14H13ClN2O3S/c1-21(19,20)17-11-5-2-9(3-6-11)14(18)12-7-4-10(15)8-13(12)16/h2-8,17H,16H2,1H3. The van der Waals surface area contributed by atoms with Crippen molar-refractivity contribution in [2.75, 3.05) is 16.7 Å². The zero-order valence-electron chi connectivity index (χ0n) is 11.1. The summed E-state index contributed by atoms with van der Waals surface area (Å²) in [6.07, 6.45) is 1.06. The van der Waals surface area contributed by atoms with Crippen LogP contribution in [0.4, 0.5) is 11.4 Å². The summed E-state index contributed by atoms with van der Waals surface area (Å²) in [6, 6.07) is 10.7. The Bertz CT molecular complexity index is 786. The van der Waals surface area contributed by atoms with E-state index in [1.54, 1.807) is 12.1 Å². The molecule has 0 aliphatic heterocycles. The van der Waals surface area contributed by atoms with Gasteiger partial charge in [-0.15, -0.1) is 0 Å². The molecule has 5 nitrogen and oxygen atoms in total. The number of nitrogens with two attached hydrogens (primary N) is 1. The maximum absolute atomic E-state index is 12.3. The largest absolute Gasteiger partial charge is 0.398 e. The molecular weight excluding hydrogens is 312 g/mol. The van der Waals surface area contributed by atoms with Crippen LogP contribution in [0.2, 0.25) is 5.02 Å².